The molecule has 0 aliphatic rings. The van der Waals surface area contributed by atoms with Gasteiger partial charge >= 0.3 is 0 Å². The maximum Gasteiger partial charge on any atom is 0.224 e. The van der Waals surface area contributed by atoms with Gasteiger partial charge in [0, 0.05) is 25.0 Å². The van der Waals surface area contributed by atoms with E-state index >= 15 is 0 Å². The van der Waals surface area contributed by atoms with Gasteiger partial charge in [0.25, 0.3) is 0 Å². The van der Waals surface area contributed by atoms with E-state index < -0.39 is 0 Å². The topological polar surface area (TPSA) is 55.6 Å². The van der Waals surface area contributed by atoms with Crippen molar-refractivity contribution in [2.75, 3.05) is 5.32 Å². The van der Waals surface area contributed by atoms with Crippen LogP contribution in [-0.2, 0) is 6.54 Å². The van der Waals surface area contributed by atoms with Gasteiger partial charge in [0.2, 0.25) is 5.95 Å². The standard InChI is InChI=1S/C16H17N5/c1-12-5-3-4-6-14(12)11-18-16-17-9-7-15(19-16)21-10-8-13(2)20-21/h3-10H,11H2,1-2H3,(H,17,18,19). The van der Waals surface area contributed by atoms with Crippen LogP contribution in [0.3, 0.4) is 0 Å². The van der Waals surface area contributed by atoms with E-state index in [1.807, 2.05) is 37.4 Å². The Kier molecular flexibility index (Phi) is 3.64. The molecule has 5 heteroatoms. The molecule has 0 bridgehead atoms. The summed E-state index contributed by atoms with van der Waals surface area (Å²) in [7, 11) is 0. The minimum atomic E-state index is 0.601. The second-order valence-electron chi connectivity index (χ2n) is 4.92. The van der Waals surface area contributed by atoms with E-state index in [9.17, 15) is 0 Å². The Bertz CT molecular complexity index is 748. The first-order valence-corrected chi connectivity index (χ1v) is 6.86. The fraction of sp³-hybridized carbons (Fsp3) is 0.188. The van der Waals surface area contributed by atoms with Gasteiger partial charge < -0.3 is 5.32 Å². The zero-order valence-corrected chi connectivity index (χ0v) is 12.1. The van der Waals surface area contributed by atoms with E-state index in [0.717, 1.165) is 11.5 Å². The van der Waals surface area contributed by atoms with Crippen LogP contribution in [0.4, 0.5) is 5.95 Å². The summed E-state index contributed by atoms with van der Waals surface area (Å²) < 4.78 is 1.75. The van der Waals surface area contributed by atoms with E-state index in [1.165, 1.54) is 11.1 Å². The highest BCUT2D eigenvalue weighted by Gasteiger charge is 2.03. The van der Waals surface area contributed by atoms with Crippen LogP contribution in [0.15, 0.2) is 48.8 Å². The molecule has 0 radical (unpaired) electrons. The van der Waals surface area contributed by atoms with Crippen molar-refractivity contribution >= 4 is 5.95 Å². The van der Waals surface area contributed by atoms with Gasteiger partial charge in [0.15, 0.2) is 5.82 Å². The first-order valence-electron chi connectivity index (χ1n) is 6.86. The number of hydrogen-bond acceptors (Lipinski definition) is 4. The highest BCUT2D eigenvalue weighted by Crippen LogP contribution is 2.10. The molecule has 2 aromatic heterocycles. The van der Waals surface area contributed by atoms with Crippen LogP contribution in [0.5, 0.6) is 0 Å². The Hall–Kier alpha value is -2.69. The third-order valence-corrected chi connectivity index (χ3v) is 3.30. The summed E-state index contributed by atoms with van der Waals surface area (Å²) in [4.78, 5) is 8.73. The summed E-state index contributed by atoms with van der Waals surface area (Å²) in [6.07, 6.45) is 3.63. The maximum atomic E-state index is 4.48. The predicted octanol–water partition coefficient (Wildman–Crippen LogP) is 2.89. The number of hydrogen-bond donors (Lipinski definition) is 1. The van der Waals surface area contributed by atoms with Crippen LogP contribution in [0.25, 0.3) is 5.82 Å². The Labute approximate surface area is 123 Å². The molecule has 0 amide bonds. The SMILES string of the molecule is Cc1ccn(-c2ccnc(NCc3ccccc3C)n2)n1. The average Bonchev–Trinajstić information content (AvgIpc) is 2.93. The lowest BCUT2D eigenvalue weighted by Crippen LogP contribution is -2.07. The Morgan fingerprint density at radius 1 is 1.10 bits per heavy atom. The second-order valence-corrected chi connectivity index (χ2v) is 4.92. The number of nitrogens with zero attached hydrogens (tertiary/aromatic N) is 4. The van der Waals surface area contributed by atoms with Gasteiger partial charge in [0.05, 0.1) is 5.69 Å². The van der Waals surface area contributed by atoms with E-state index in [1.54, 1.807) is 10.9 Å². The lowest BCUT2D eigenvalue weighted by atomic mass is 10.1. The fourth-order valence-electron chi connectivity index (χ4n) is 2.09. The van der Waals surface area contributed by atoms with E-state index in [4.69, 9.17) is 0 Å². The molecular formula is C16H17N5. The summed E-state index contributed by atoms with van der Waals surface area (Å²) in [5.74, 6) is 1.36. The lowest BCUT2D eigenvalue weighted by molar-refractivity contribution is 0.825. The molecule has 0 atom stereocenters. The molecule has 1 N–H and O–H groups in total. The first-order chi connectivity index (χ1) is 10.2. The Morgan fingerprint density at radius 2 is 1.95 bits per heavy atom. The summed E-state index contributed by atoms with van der Waals surface area (Å²) in [5.41, 5.74) is 3.45. The summed E-state index contributed by atoms with van der Waals surface area (Å²) in [5, 5.41) is 7.61. The third kappa shape index (κ3) is 3.08. The number of nitrogens with one attached hydrogen (secondary N) is 1. The maximum absolute atomic E-state index is 4.48. The van der Waals surface area contributed by atoms with Gasteiger partial charge in [-0.05, 0) is 31.0 Å². The highest BCUT2D eigenvalue weighted by molar-refractivity contribution is 5.34. The minimum absolute atomic E-state index is 0.601. The molecule has 0 spiro atoms. The zero-order chi connectivity index (χ0) is 14.7. The van der Waals surface area contributed by atoms with E-state index in [2.05, 4.69) is 39.4 Å². The number of rotatable bonds is 4. The highest BCUT2D eigenvalue weighted by atomic mass is 15.3. The van der Waals surface area contributed by atoms with Gasteiger partial charge in [-0.2, -0.15) is 10.1 Å². The second kappa shape index (κ2) is 5.75. The molecule has 3 aromatic rings. The average molecular weight is 279 g/mol. The van der Waals surface area contributed by atoms with Crippen LogP contribution in [-0.4, -0.2) is 19.7 Å². The van der Waals surface area contributed by atoms with Crippen molar-refractivity contribution in [1.29, 1.82) is 0 Å². The van der Waals surface area contributed by atoms with Gasteiger partial charge in [0.1, 0.15) is 0 Å². The quantitative estimate of drug-likeness (QED) is 0.798. The van der Waals surface area contributed by atoms with Crippen molar-refractivity contribution in [3.63, 3.8) is 0 Å². The molecule has 0 saturated carbocycles. The van der Waals surface area contributed by atoms with Gasteiger partial charge in [-0.15, -0.1) is 0 Å². The van der Waals surface area contributed by atoms with Crippen molar-refractivity contribution in [2.45, 2.75) is 20.4 Å². The Morgan fingerprint density at radius 3 is 2.71 bits per heavy atom. The molecule has 0 unspecified atom stereocenters. The summed E-state index contributed by atoms with van der Waals surface area (Å²) in [6.45, 7) is 4.75. The lowest BCUT2D eigenvalue weighted by Gasteiger charge is -2.08. The predicted molar refractivity (Wildman–Crippen MR) is 82.4 cm³/mol. The van der Waals surface area contributed by atoms with Crippen LogP contribution < -0.4 is 5.32 Å². The number of benzene rings is 1. The minimum Gasteiger partial charge on any atom is -0.350 e. The van der Waals surface area contributed by atoms with Crippen LogP contribution in [0.2, 0.25) is 0 Å². The van der Waals surface area contributed by atoms with Crippen LogP contribution in [0, 0.1) is 13.8 Å². The van der Waals surface area contributed by atoms with Crippen molar-refractivity contribution in [1.82, 2.24) is 19.7 Å². The molecule has 106 valence electrons. The van der Waals surface area contributed by atoms with Gasteiger partial charge in [-0.25, -0.2) is 9.67 Å². The molecule has 5 nitrogen and oxygen atoms in total. The molecule has 0 aliphatic heterocycles. The largest absolute Gasteiger partial charge is 0.350 e. The number of anilines is 1. The summed E-state index contributed by atoms with van der Waals surface area (Å²) >= 11 is 0. The summed E-state index contributed by atoms with van der Waals surface area (Å²) in [6, 6.07) is 12.1. The normalized spacial score (nSPS) is 10.6. The first kappa shape index (κ1) is 13.3. The molecule has 0 aliphatic carbocycles. The number of aromatic nitrogens is 4. The van der Waals surface area contributed by atoms with Gasteiger partial charge in [-0.3, -0.25) is 0 Å². The molecule has 2 heterocycles. The molecule has 21 heavy (non-hydrogen) atoms. The monoisotopic (exact) mass is 279 g/mol. The van der Waals surface area contributed by atoms with Crippen molar-refractivity contribution in [2.24, 2.45) is 0 Å². The van der Waals surface area contributed by atoms with Crippen molar-refractivity contribution in [3.8, 4) is 5.82 Å². The van der Waals surface area contributed by atoms with E-state index in [-0.39, 0.29) is 0 Å². The van der Waals surface area contributed by atoms with Gasteiger partial charge in [-0.1, -0.05) is 24.3 Å². The van der Waals surface area contributed by atoms with Crippen LogP contribution >= 0.6 is 0 Å². The number of aryl methyl sites for hydroxylation is 2. The smallest absolute Gasteiger partial charge is 0.224 e. The van der Waals surface area contributed by atoms with Crippen molar-refractivity contribution in [3.05, 3.63) is 65.6 Å². The fourth-order valence-corrected chi connectivity index (χ4v) is 2.09. The molecule has 0 fully saturated rings. The zero-order valence-electron chi connectivity index (χ0n) is 12.1. The molecule has 3 rings (SSSR count). The Balaban J connectivity index is 1.76. The van der Waals surface area contributed by atoms with Crippen LogP contribution in [0.1, 0.15) is 16.8 Å². The van der Waals surface area contributed by atoms with Crippen molar-refractivity contribution < 1.29 is 0 Å². The molecule has 0 saturated heterocycles. The third-order valence-electron chi connectivity index (χ3n) is 3.30. The molecular weight excluding hydrogens is 262 g/mol. The molecule has 1 aromatic carbocycles. The van der Waals surface area contributed by atoms with E-state index in [0.29, 0.717) is 12.5 Å².